The highest BCUT2D eigenvalue weighted by atomic mass is 19.1. The second-order valence-electron chi connectivity index (χ2n) is 5.33. The number of aromatic amines is 1. The van der Waals surface area contributed by atoms with Crippen molar-refractivity contribution >= 4 is 16.8 Å². The van der Waals surface area contributed by atoms with E-state index in [2.05, 4.69) is 10.3 Å². The van der Waals surface area contributed by atoms with E-state index in [1.165, 1.54) is 6.07 Å². The molecule has 0 fully saturated rings. The van der Waals surface area contributed by atoms with Crippen LogP contribution in [0.5, 0.6) is 5.75 Å². The predicted octanol–water partition coefficient (Wildman–Crippen LogP) is 3.43. The number of halogens is 2. The van der Waals surface area contributed by atoms with Gasteiger partial charge in [0, 0.05) is 23.6 Å². The van der Waals surface area contributed by atoms with Gasteiger partial charge in [0.25, 0.3) is 5.91 Å². The third kappa shape index (κ3) is 3.08. The van der Waals surface area contributed by atoms with Crippen molar-refractivity contribution in [2.75, 3.05) is 13.7 Å². The van der Waals surface area contributed by atoms with Crippen LogP contribution in [0.3, 0.4) is 0 Å². The predicted molar refractivity (Wildman–Crippen MR) is 87.2 cm³/mol. The van der Waals surface area contributed by atoms with Gasteiger partial charge in [-0.15, -0.1) is 0 Å². The van der Waals surface area contributed by atoms with Crippen molar-refractivity contribution in [3.05, 3.63) is 65.4 Å². The summed E-state index contributed by atoms with van der Waals surface area (Å²) in [7, 11) is 1.59. The zero-order valence-electron chi connectivity index (χ0n) is 13.0. The molecule has 6 heteroatoms. The lowest BCUT2D eigenvalue weighted by Crippen LogP contribution is -2.27. The van der Waals surface area contributed by atoms with Crippen LogP contribution in [0.25, 0.3) is 10.9 Å². The molecule has 0 aliphatic rings. The summed E-state index contributed by atoms with van der Waals surface area (Å²) in [4.78, 5) is 15.1. The lowest BCUT2D eigenvalue weighted by atomic mass is 10.1. The fourth-order valence-corrected chi connectivity index (χ4v) is 2.61. The Balaban J connectivity index is 1.69. The van der Waals surface area contributed by atoms with Gasteiger partial charge in [-0.1, -0.05) is 6.07 Å². The largest absolute Gasteiger partial charge is 0.497 e. The van der Waals surface area contributed by atoms with Crippen LogP contribution in [0.4, 0.5) is 8.78 Å². The average molecular weight is 330 g/mol. The average Bonchev–Trinajstić information content (AvgIpc) is 2.97. The molecule has 2 aromatic carbocycles. The lowest BCUT2D eigenvalue weighted by molar-refractivity contribution is 0.0945. The molecular formula is C18H16F2N2O2. The van der Waals surface area contributed by atoms with E-state index in [4.69, 9.17) is 4.74 Å². The molecule has 0 aliphatic carbocycles. The minimum Gasteiger partial charge on any atom is -0.497 e. The van der Waals surface area contributed by atoms with E-state index in [-0.39, 0.29) is 6.54 Å². The highest BCUT2D eigenvalue weighted by molar-refractivity contribution is 5.94. The normalized spacial score (nSPS) is 10.8. The maximum Gasteiger partial charge on any atom is 0.257 e. The monoisotopic (exact) mass is 330 g/mol. The highest BCUT2D eigenvalue weighted by Crippen LogP contribution is 2.23. The molecule has 24 heavy (non-hydrogen) atoms. The summed E-state index contributed by atoms with van der Waals surface area (Å²) in [6, 6.07) is 9.00. The second kappa shape index (κ2) is 6.70. The Labute approximate surface area is 137 Å². The zero-order valence-corrected chi connectivity index (χ0v) is 13.0. The van der Waals surface area contributed by atoms with Crippen LogP contribution in [0.2, 0.25) is 0 Å². The van der Waals surface area contributed by atoms with E-state index < -0.39 is 23.1 Å². The van der Waals surface area contributed by atoms with Crippen molar-refractivity contribution in [2.45, 2.75) is 6.42 Å². The molecule has 2 N–H and O–H groups in total. The van der Waals surface area contributed by atoms with Crippen LogP contribution >= 0.6 is 0 Å². The van der Waals surface area contributed by atoms with E-state index >= 15 is 0 Å². The number of fused-ring (bicyclic) bond motifs is 1. The van der Waals surface area contributed by atoms with Gasteiger partial charge in [-0.3, -0.25) is 4.79 Å². The van der Waals surface area contributed by atoms with E-state index in [0.29, 0.717) is 6.42 Å². The summed E-state index contributed by atoms with van der Waals surface area (Å²) in [5.74, 6) is -1.77. The Morgan fingerprint density at radius 2 is 1.96 bits per heavy atom. The Hall–Kier alpha value is -2.89. The molecule has 124 valence electrons. The van der Waals surface area contributed by atoms with Crippen LogP contribution in [0.15, 0.2) is 42.6 Å². The number of ether oxygens (including phenoxy) is 1. The third-order valence-electron chi connectivity index (χ3n) is 3.84. The number of methoxy groups -OCH3 is 1. The minimum atomic E-state index is -0.871. The van der Waals surface area contributed by atoms with E-state index in [9.17, 15) is 13.6 Å². The van der Waals surface area contributed by atoms with Gasteiger partial charge < -0.3 is 15.0 Å². The summed E-state index contributed by atoms with van der Waals surface area (Å²) in [6.45, 7) is 0.261. The second-order valence-corrected chi connectivity index (χ2v) is 5.33. The summed E-state index contributed by atoms with van der Waals surface area (Å²) in [6.07, 6.45) is 2.37. The molecule has 0 spiro atoms. The molecule has 0 unspecified atom stereocenters. The molecule has 0 saturated heterocycles. The lowest BCUT2D eigenvalue weighted by Gasteiger charge is -2.07. The Bertz CT molecular complexity index is 870. The van der Waals surface area contributed by atoms with Gasteiger partial charge in [0.05, 0.1) is 7.11 Å². The van der Waals surface area contributed by atoms with Gasteiger partial charge in [0.2, 0.25) is 0 Å². The van der Waals surface area contributed by atoms with Crippen molar-refractivity contribution in [2.24, 2.45) is 0 Å². The van der Waals surface area contributed by atoms with Gasteiger partial charge in [-0.05, 0) is 42.3 Å². The van der Waals surface area contributed by atoms with Crippen molar-refractivity contribution < 1.29 is 18.3 Å². The molecule has 0 radical (unpaired) electrons. The van der Waals surface area contributed by atoms with Crippen LogP contribution in [-0.2, 0) is 6.42 Å². The molecule has 3 rings (SSSR count). The smallest absolute Gasteiger partial charge is 0.257 e. The molecule has 1 amide bonds. The molecule has 0 bridgehead atoms. The standard InChI is InChI=1S/C18H16F2N2O2/c1-24-12-5-6-16-13(9-12)11(10-22-16)7-8-21-18(23)17-14(19)3-2-4-15(17)20/h2-6,9-10,22H,7-8H2,1H3,(H,21,23). The van der Waals surface area contributed by atoms with Crippen LogP contribution in [-0.4, -0.2) is 24.5 Å². The number of hydrogen-bond acceptors (Lipinski definition) is 2. The summed E-state index contributed by atoms with van der Waals surface area (Å²) in [5.41, 5.74) is 1.38. The van der Waals surface area contributed by atoms with Crippen molar-refractivity contribution in [3.63, 3.8) is 0 Å². The summed E-state index contributed by atoms with van der Waals surface area (Å²) < 4.78 is 32.4. The SMILES string of the molecule is COc1ccc2[nH]cc(CCNC(=O)c3c(F)cccc3F)c2c1. The molecular weight excluding hydrogens is 314 g/mol. The topological polar surface area (TPSA) is 54.1 Å². The number of hydrogen-bond donors (Lipinski definition) is 2. The number of rotatable bonds is 5. The zero-order chi connectivity index (χ0) is 17.1. The van der Waals surface area contributed by atoms with Crippen LogP contribution < -0.4 is 10.1 Å². The maximum atomic E-state index is 13.6. The molecule has 3 aromatic rings. The quantitative estimate of drug-likeness (QED) is 0.753. The van der Waals surface area contributed by atoms with Crippen molar-refractivity contribution in [1.82, 2.24) is 10.3 Å². The first-order valence-electron chi connectivity index (χ1n) is 7.46. The molecule has 4 nitrogen and oxygen atoms in total. The number of carbonyl (C=O) groups excluding carboxylic acids is 1. The minimum absolute atomic E-state index is 0.261. The number of H-pyrrole nitrogens is 1. The molecule has 0 aliphatic heterocycles. The number of carbonyl (C=O) groups is 1. The first-order chi connectivity index (χ1) is 11.6. The fraction of sp³-hybridized carbons (Fsp3) is 0.167. The van der Waals surface area contributed by atoms with E-state index in [0.717, 1.165) is 34.3 Å². The Morgan fingerprint density at radius 3 is 2.67 bits per heavy atom. The Morgan fingerprint density at radius 1 is 1.21 bits per heavy atom. The first kappa shape index (κ1) is 16.0. The van der Waals surface area contributed by atoms with Crippen molar-refractivity contribution in [1.29, 1.82) is 0 Å². The first-order valence-corrected chi connectivity index (χ1v) is 7.46. The van der Waals surface area contributed by atoms with Crippen molar-refractivity contribution in [3.8, 4) is 5.75 Å². The summed E-state index contributed by atoms with van der Waals surface area (Å²) in [5, 5.41) is 3.53. The van der Waals surface area contributed by atoms with Gasteiger partial charge >= 0.3 is 0 Å². The van der Waals surface area contributed by atoms with Crippen LogP contribution in [0.1, 0.15) is 15.9 Å². The number of nitrogens with one attached hydrogen (secondary N) is 2. The highest BCUT2D eigenvalue weighted by Gasteiger charge is 2.16. The van der Waals surface area contributed by atoms with E-state index in [1.807, 2.05) is 24.4 Å². The number of amides is 1. The fourth-order valence-electron chi connectivity index (χ4n) is 2.61. The molecule has 0 saturated carbocycles. The maximum absolute atomic E-state index is 13.6. The molecule has 0 atom stereocenters. The molecule has 1 heterocycles. The van der Waals surface area contributed by atoms with E-state index in [1.54, 1.807) is 7.11 Å². The Kier molecular flexibility index (Phi) is 4.46. The number of benzene rings is 2. The molecule has 1 aromatic heterocycles. The van der Waals surface area contributed by atoms with Crippen LogP contribution in [0, 0.1) is 11.6 Å². The van der Waals surface area contributed by atoms with Gasteiger partial charge in [0.15, 0.2) is 0 Å². The third-order valence-corrected chi connectivity index (χ3v) is 3.84. The van der Waals surface area contributed by atoms with Gasteiger partial charge in [-0.25, -0.2) is 8.78 Å². The summed E-state index contributed by atoms with van der Waals surface area (Å²) >= 11 is 0. The van der Waals surface area contributed by atoms with Gasteiger partial charge in [-0.2, -0.15) is 0 Å². The number of aromatic nitrogens is 1. The van der Waals surface area contributed by atoms with Gasteiger partial charge in [0.1, 0.15) is 22.9 Å².